The maximum atomic E-state index is 9.07. The second-order valence-electron chi connectivity index (χ2n) is 4.27. The number of hydrogen-bond acceptors (Lipinski definition) is 3. The van der Waals surface area contributed by atoms with Gasteiger partial charge in [-0.15, -0.1) is 0 Å². The molecule has 0 fully saturated rings. The molecule has 0 aliphatic rings. The fourth-order valence-electron chi connectivity index (χ4n) is 1.76. The first kappa shape index (κ1) is 15.8. The van der Waals surface area contributed by atoms with Crippen molar-refractivity contribution in [2.24, 2.45) is 0 Å². The predicted molar refractivity (Wildman–Crippen MR) is 65.5 cm³/mol. The van der Waals surface area contributed by atoms with Gasteiger partial charge in [-0.2, -0.15) is 0 Å². The molecule has 4 nitrogen and oxygen atoms in total. The zero-order valence-electron chi connectivity index (χ0n) is 11.2. The van der Waals surface area contributed by atoms with Crippen LogP contribution in [0.15, 0.2) is 0 Å². The SMILES string of the molecule is CC[N+](CC)(CCO)CCOCC(C)OC. The molecule has 0 spiro atoms. The summed E-state index contributed by atoms with van der Waals surface area (Å²) in [6.07, 6.45) is 0.156. The van der Waals surface area contributed by atoms with Gasteiger partial charge in [-0.1, -0.05) is 0 Å². The van der Waals surface area contributed by atoms with E-state index in [1.54, 1.807) is 7.11 Å². The van der Waals surface area contributed by atoms with Crippen LogP contribution in [-0.2, 0) is 9.47 Å². The Balaban J connectivity index is 3.84. The topological polar surface area (TPSA) is 38.7 Å². The first-order valence-electron chi connectivity index (χ1n) is 6.20. The molecule has 0 rings (SSSR count). The molecule has 0 radical (unpaired) electrons. The molecule has 0 aromatic rings. The van der Waals surface area contributed by atoms with Crippen LogP contribution < -0.4 is 0 Å². The Kier molecular flexibility index (Phi) is 8.84. The van der Waals surface area contributed by atoms with Crippen LogP contribution in [0.1, 0.15) is 20.8 Å². The molecule has 0 saturated heterocycles. The predicted octanol–water partition coefficient (Wildman–Crippen LogP) is 0.887. The van der Waals surface area contributed by atoms with Gasteiger partial charge in [-0.3, -0.25) is 0 Å². The first-order valence-corrected chi connectivity index (χ1v) is 6.20. The van der Waals surface area contributed by atoms with Gasteiger partial charge >= 0.3 is 0 Å². The molecule has 0 aliphatic carbocycles. The van der Waals surface area contributed by atoms with E-state index in [4.69, 9.17) is 14.6 Å². The third kappa shape index (κ3) is 5.80. The van der Waals surface area contributed by atoms with Crippen LogP contribution in [0.2, 0.25) is 0 Å². The minimum atomic E-state index is 0.156. The average Bonchev–Trinajstić information content (AvgIpc) is 2.32. The van der Waals surface area contributed by atoms with E-state index in [1.165, 1.54) is 0 Å². The van der Waals surface area contributed by atoms with Gasteiger partial charge in [-0.05, 0) is 20.8 Å². The number of nitrogens with zero attached hydrogens (tertiary/aromatic N) is 1. The van der Waals surface area contributed by atoms with Crippen LogP contribution >= 0.6 is 0 Å². The maximum absolute atomic E-state index is 9.07. The van der Waals surface area contributed by atoms with Gasteiger partial charge in [0.1, 0.15) is 13.1 Å². The van der Waals surface area contributed by atoms with Gasteiger partial charge in [-0.25, -0.2) is 0 Å². The number of quaternary nitrogens is 1. The largest absolute Gasteiger partial charge is 0.391 e. The van der Waals surface area contributed by atoms with Gasteiger partial charge in [0.15, 0.2) is 0 Å². The van der Waals surface area contributed by atoms with Crippen molar-refractivity contribution in [2.75, 3.05) is 53.1 Å². The Bertz CT molecular complexity index is 160. The molecule has 0 aliphatic heterocycles. The van der Waals surface area contributed by atoms with Crippen LogP contribution in [0.3, 0.4) is 0 Å². The molecule has 0 saturated carbocycles. The summed E-state index contributed by atoms with van der Waals surface area (Å²) in [5.41, 5.74) is 0. The number of methoxy groups -OCH3 is 1. The highest BCUT2D eigenvalue weighted by Gasteiger charge is 2.21. The molecule has 0 aromatic carbocycles. The molecule has 1 atom stereocenters. The third-order valence-corrected chi connectivity index (χ3v) is 3.38. The minimum Gasteiger partial charge on any atom is -0.391 e. The number of ether oxygens (including phenoxy) is 2. The summed E-state index contributed by atoms with van der Waals surface area (Å²) in [6, 6.07) is 0. The van der Waals surface area contributed by atoms with Gasteiger partial charge in [0.05, 0.1) is 39.0 Å². The highest BCUT2D eigenvalue weighted by molar-refractivity contribution is 4.46. The van der Waals surface area contributed by atoms with Crippen LogP contribution in [0.4, 0.5) is 0 Å². The Hall–Kier alpha value is -0.160. The number of likely N-dealkylation sites (N-methyl/N-ethyl adjacent to an activating group) is 1. The van der Waals surface area contributed by atoms with Crippen molar-refractivity contribution in [1.82, 2.24) is 0 Å². The monoisotopic (exact) mass is 234 g/mol. The van der Waals surface area contributed by atoms with E-state index in [1.807, 2.05) is 6.92 Å². The maximum Gasteiger partial charge on any atom is 0.102 e. The molecule has 0 aromatic heterocycles. The summed E-state index contributed by atoms with van der Waals surface area (Å²) >= 11 is 0. The lowest BCUT2D eigenvalue weighted by molar-refractivity contribution is -0.925. The second kappa shape index (κ2) is 8.93. The number of aliphatic hydroxyl groups excluding tert-OH is 1. The normalized spacial score (nSPS) is 14.1. The molecular formula is C12H28NO3+. The Labute approximate surface area is 99.7 Å². The van der Waals surface area contributed by atoms with E-state index < -0.39 is 0 Å². The lowest BCUT2D eigenvalue weighted by Crippen LogP contribution is -2.51. The smallest absolute Gasteiger partial charge is 0.102 e. The van der Waals surface area contributed by atoms with Crippen LogP contribution in [0, 0.1) is 0 Å². The van der Waals surface area contributed by atoms with E-state index in [0.29, 0.717) is 6.61 Å². The summed E-state index contributed by atoms with van der Waals surface area (Å²) in [5.74, 6) is 0. The van der Waals surface area contributed by atoms with Crippen molar-refractivity contribution in [3.63, 3.8) is 0 Å². The minimum absolute atomic E-state index is 0.156. The summed E-state index contributed by atoms with van der Waals surface area (Å²) in [7, 11) is 1.69. The van der Waals surface area contributed by atoms with E-state index >= 15 is 0 Å². The molecule has 16 heavy (non-hydrogen) atoms. The van der Waals surface area contributed by atoms with Crippen molar-refractivity contribution in [3.8, 4) is 0 Å². The summed E-state index contributed by atoms with van der Waals surface area (Å²) < 4.78 is 11.6. The zero-order chi connectivity index (χ0) is 12.4. The van der Waals surface area contributed by atoms with Crippen LogP contribution in [0.5, 0.6) is 0 Å². The lowest BCUT2D eigenvalue weighted by Gasteiger charge is -2.36. The molecule has 0 heterocycles. The van der Waals surface area contributed by atoms with Crippen LogP contribution in [-0.4, -0.2) is 68.8 Å². The van der Waals surface area contributed by atoms with Gasteiger partial charge in [0, 0.05) is 7.11 Å². The standard InChI is InChI=1S/C12H28NO3/c1-5-13(6-2,7-9-14)8-10-16-11-12(3)15-4/h12,14H,5-11H2,1-4H3/q+1. The summed E-state index contributed by atoms with van der Waals surface area (Å²) in [5, 5.41) is 9.07. The van der Waals surface area contributed by atoms with Gasteiger partial charge < -0.3 is 19.1 Å². The highest BCUT2D eigenvalue weighted by Crippen LogP contribution is 2.05. The fraction of sp³-hybridized carbons (Fsp3) is 1.00. The van der Waals surface area contributed by atoms with E-state index in [2.05, 4.69) is 13.8 Å². The lowest BCUT2D eigenvalue weighted by atomic mass is 10.3. The quantitative estimate of drug-likeness (QED) is 0.450. The second-order valence-corrected chi connectivity index (χ2v) is 4.27. The zero-order valence-corrected chi connectivity index (χ0v) is 11.2. The molecule has 1 unspecified atom stereocenters. The van der Waals surface area contributed by atoms with Crippen molar-refractivity contribution in [2.45, 2.75) is 26.9 Å². The molecule has 0 bridgehead atoms. The Morgan fingerprint density at radius 1 is 1.19 bits per heavy atom. The summed E-state index contributed by atoms with van der Waals surface area (Å²) in [4.78, 5) is 0. The van der Waals surface area contributed by atoms with Gasteiger partial charge in [0.25, 0.3) is 0 Å². The number of hydrogen-bond donors (Lipinski definition) is 1. The van der Waals surface area contributed by atoms with Crippen molar-refractivity contribution in [1.29, 1.82) is 0 Å². The van der Waals surface area contributed by atoms with E-state index in [0.717, 1.165) is 37.3 Å². The molecule has 1 N–H and O–H groups in total. The average molecular weight is 234 g/mol. The molecule has 0 amide bonds. The highest BCUT2D eigenvalue weighted by atomic mass is 16.5. The third-order valence-electron chi connectivity index (χ3n) is 3.38. The number of aliphatic hydroxyl groups is 1. The van der Waals surface area contributed by atoms with Crippen LogP contribution in [0.25, 0.3) is 0 Å². The van der Waals surface area contributed by atoms with Crippen molar-refractivity contribution < 1.29 is 19.1 Å². The number of rotatable bonds is 10. The van der Waals surface area contributed by atoms with Gasteiger partial charge in [0.2, 0.25) is 0 Å². The molecular weight excluding hydrogens is 206 g/mol. The Morgan fingerprint density at radius 2 is 1.81 bits per heavy atom. The van der Waals surface area contributed by atoms with E-state index in [-0.39, 0.29) is 12.7 Å². The molecule has 4 heteroatoms. The van der Waals surface area contributed by atoms with Crippen molar-refractivity contribution in [3.05, 3.63) is 0 Å². The van der Waals surface area contributed by atoms with Crippen molar-refractivity contribution >= 4 is 0 Å². The van der Waals surface area contributed by atoms with E-state index in [9.17, 15) is 0 Å². The fourth-order valence-corrected chi connectivity index (χ4v) is 1.76. The Morgan fingerprint density at radius 3 is 2.25 bits per heavy atom. The summed E-state index contributed by atoms with van der Waals surface area (Å²) in [6.45, 7) is 11.8. The molecule has 98 valence electrons. The first-order chi connectivity index (χ1) is 7.64.